The highest BCUT2D eigenvalue weighted by molar-refractivity contribution is 7.09. The Morgan fingerprint density at radius 3 is 2.17 bits per heavy atom. The molecule has 0 radical (unpaired) electrons. The number of amides is 1. The second-order valence-electron chi connectivity index (χ2n) is 9.10. The maximum Gasteiger partial charge on any atom is 0.254 e. The van der Waals surface area contributed by atoms with E-state index in [1.807, 2.05) is 0 Å². The van der Waals surface area contributed by atoms with Crippen LogP contribution in [0.1, 0.15) is 74.4 Å². The number of hydrogen-bond acceptors (Lipinski definition) is 2. The van der Waals surface area contributed by atoms with Gasteiger partial charge in [0.2, 0.25) is 0 Å². The monoisotopic (exact) mass is 344 g/mol. The molecule has 5 aliphatic carbocycles. The Hall–Kier alpha value is -0.900. The molecule has 130 valence electrons. The zero-order valence-corrected chi connectivity index (χ0v) is 15.7. The van der Waals surface area contributed by atoms with Crippen molar-refractivity contribution in [2.45, 2.75) is 77.7 Å². The minimum absolute atomic E-state index is 0.0992. The molecule has 0 saturated heterocycles. The second kappa shape index (κ2) is 5.30. The summed E-state index contributed by atoms with van der Waals surface area (Å²) in [6.07, 6.45) is 11.3. The third-order valence-corrected chi connectivity index (χ3v) is 8.52. The molecule has 0 atom stereocenters. The average Bonchev–Trinajstić information content (AvgIpc) is 2.72. The quantitative estimate of drug-likeness (QED) is 0.776. The Kier molecular flexibility index (Phi) is 3.39. The lowest BCUT2D eigenvalue weighted by Gasteiger charge is -2.55. The summed E-state index contributed by atoms with van der Waals surface area (Å²) in [4.78, 5) is 20.4. The average molecular weight is 345 g/mol. The molecule has 1 aromatic heterocycles. The van der Waals surface area contributed by atoms with E-state index in [4.69, 9.17) is 4.99 Å². The molecule has 0 spiro atoms. The number of rotatable bonds is 2. The Morgan fingerprint density at radius 2 is 1.67 bits per heavy atom. The fourth-order valence-corrected chi connectivity index (χ4v) is 7.34. The van der Waals surface area contributed by atoms with Crippen LogP contribution in [0.4, 0.5) is 0 Å². The molecule has 1 amide bonds. The van der Waals surface area contributed by atoms with Crippen LogP contribution in [-0.2, 0) is 4.79 Å². The van der Waals surface area contributed by atoms with Gasteiger partial charge in [0, 0.05) is 16.6 Å². The minimum Gasteiger partial charge on any atom is -0.318 e. The third-order valence-electron chi connectivity index (χ3n) is 7.45. The van der Waals surface area contributed by atoms with Crippen molar-refractivity contribution in [3.05, 3.63) is 15.4 Å². The largest absolute Gasteiger partial charge is 0.318 e. The first-order chi connectivity index (χ1) is 11.5. The molecule has 4 heteroatoms. The van der Waals surface area contributed by atoms with Crippen LogP contribution in [0.3, 0.4) is 0 Å². The molecular formula is C20H28N2OS. The predicted molar refractivity (Wildman–Crippen MR) is 95.8 cm³/mol. The molecule has 5 fully saturated rings. The lowest BCUT2D eigenvalue weighted by Crippen LogP contribution is -2.50. The first kappa shape index (κ1) is 15.4. The van der Waals surface area contributed by atoms with Crippen LogP contribution >= 0.6 is 11.3 Å². The van der Waals surface area contributed by atoms with Gasteiger partial charge in [0.05, 0.1) is 5.41 Å². The number of aromatic nitrogens is 1. The number of aryl methyl sites for hydroxylation is 1. The van der Waals surface area contributed by atoms with Crippen molar-refractivity contribution in [3.63, 3.8) is 0 Å². The molecule has 24 heavy (non-hydrogen) atoms. The van der Waals surface area contributed by atoms with Gasteiger partial charge in [-0.05, 0) is 89.4 Å². The van der Waals surface area contributed by atoms with Gasteiger partial charge in [-0.1, -0.05) is 0 Å². The molecule has 5 aliphatic rings. The fourth-order valence-electron chi connectivity index (χ4n) is 6.30. The van der Waals surface area contributed by atoms with Gasteiger partial charge in [-0.2, -0.15) is 4.99 Å². The number of thiazole rings is 1. The fraction of sp³-hybridized carbons (Fsp3) is 0.800. The molecule has 0 unspecified atom stereocenters. The highest BCUT2D eigenvalue weighted by atomic mass is 32.1. The summed E-state index contributed by atoms with van der Waals surface area (Å²) in [5.74, 6) is 2.64. The minimum atomic E-state index is -0.0992. The van der Waals surface area contributed by atoms with Crippen LogP contribution in [0, 0.1) is 37.0 Å². The Labute approximate surface area is 148 Å². The highest BCUT2D eigenvalue weighted by Gasteiger charge is 2.54. The van der Waals surface area contributed by atoms with Crippen LogP contribution in [0.25, 0.3) is 0 Å². The van der Waals surface area contributed by atoms with E-state index >= 15 is 0 Å². The normalized spacial score (nSPS) is 38.6. The van der Waals surface area contributed by atoms with E-state index in [2.05, 4.69) is 18.4 Å². The first-order valence-corrected chi connectivity index (χ1v) is 10.6. The van der Waals surface area contributed by atoms with E-state index in [9.17, 15) is 4.79 Å². The summed E-state index contributed by atoms with van der Waals surface area (Å²) in [6.45, 7) is 4.36. The van der Waals surface area contributed by atoms with Gasteiger partial charge in [-0.25, -0.2) is 0 Å². The van der Waals surface area contributed by atoms with Crippen molar-refractivity contribution in [1.82, 2.24) is 4.57 Å². The molecule has 0 aromatic carbocycles. The Balaban J connectivity index is 1.52. The van der Waals surface area contributed by atoms with Crippen LogP contribution in [-0.4, -0.2) is 10.5 Å². The maximum atomic E-state index is 13.3. The molecular weight excluding hydrogens is 316 g/mol. The Bertz CT molecular complexity index is 717. The van der Waals surface area contributed by atoms with Gasteiger partial charge in [0.1, 0.15) is 0 Å². The molecule has 0 aliphatic heterocycles. The lowest BCUT2D eigenvalue weighted by molar-refractivity contribution is -0.142. The van der Waals surface area contributed by atoms with Gasteiger partial charge < -0.3 is 4.57 Å². The summed E-state index contributed by atoms with van der Waals surface area (Å²) < 4.78 is 2.38. The zero-order chi connectivity index (χ0) is 16.5. The first-order valence-electron chi connectivity index (χ1n) is 9.82. The number of nitrogens with zero attached hydrogens (tertiary/aromatic N) is 2. The number of carbonyl (C=O) groups excluding carboxylic acids is 1. The molecule has 1 aromatic rings. The lowest BCUT2D eigenvalue weighted by atomic mass is 9.49. The topological polar surface area (TPSA) is 34.4 Å². The maximum absolute atomic E-state index is 13.3. The van der Waals surface area contributed by atoms with E-state index in [1.54, 1.807) is 11.3 Å². The zero-order valence-electron chi connectivity index (χ0n) is 14.9. The SMILES string of the molecule is Cc1s/c(=N\C(=O)C23CC4CC(CC(C4)C2)C3)n(C2CCC2)c1C. The Morgan fingerprint density at radius 1 is 1.08 bits per heavy atom. The van der Waals surface area contributed by atoms with E-state index in [1.165, 1.54) is 49.1 Å². The van der Waals surface area contributed by atoms with Gasteiger partial charge in [-0.3, -0.25) is 4.79 Å². The summed E-state index contributed by atoms with van der Waals surface area (Å²) in [6, 6.07) is 0.581. The van der Waals surface area contributed by atoms with Crippen molar-refractivity contribution in [3.8, 4) is 0 Å². The van der Waals surface area contributed by atoms with E-state index < -0.39 is 0 Å². The second-order valence-corrected chi connectivity index (χ2v) is 10.3. The van der Waals surface area contributed by atoms with Gasteiger partial charge in [0.25, 0.3) is 5.91 Å². The third kappa shape index (κ3) is 2.21. The molecule has 5 saturated carbocycles. The molecule has 3 nitrogen and oxygen atoms in total. The van der Waals surface area contributed by atoms with Crippen molar-refractivity contribution in [2.24, 2.45) is 28.2 Å². The van der Waals surface area contributed by atoms with Crippen LogP contribution in [0.5, 0.6) is 0 Å². The highest BCUT2D eigenvalue weighted by Crippen LogP contribution is 2.60. The summed E-state index contributed by atoms with van der Waals surface area (Å²) in [7, 11) is 0. The van der Waals surface area contributed by atoms with Gasteiger partial charge >= 0.3 is 0 Å². The van der Waals surface area contributed by atoms with Crippen molar-refractivity contribution < 1.29 is 4.79 Å². The molecule has 1 heterocycles. The molecule has 4 bridgehead atoms. The van der Waals surface area contributed by atoms with Crippen molar-refractivity contribution >= 4 is 17.2 Å². The molecule has 0 N–H and O–H groups in total. The summed E-state index contributed by atoms with van der Waals surface area (Å²) in [5, 5.41) is 0. The van der Waals surface area contributed by atoms with E-state index in [0.29, 0.717) is 6.04 Å². The number of hydrogen-bond donors (Lipinski definition) is 0. The van der Waals surface area contributed by atoms with Crippen molar-refractivity contribution in [2.75, 3.05) is 0 Å². The summed E-state index contributed by atoms with van der Waals surface area (Å²) in [5.41, 5.74) is 1.22. The van der Waals surface area contributed by atoms with Crippen LogP contribution in [0.2, 0.25) is 0 Å². The predicted octanol–water partition coefficient (Wildman–Crippen LogP) is 4.54. The standard InChI is InChI=1S/C20H28N2OS/c1-12-13(2)24-19(22(12)17-4-3-5-17)21-18(23)20-9-14-6-15(10-20)8-16(7-14)11-20/h14-17H,3-11H2,1-2H3/b21-19-. The van der Waals surface area contributed by atoms with Crippen LogP contribution < -0.4 is 4.80 Å². The molecule has 6 rings (SSSR count). The van der Waals surface area contributed by atoms with E-state index in [0.717, 1.165) is 41.8 Å². The van der Waals surface area contributed by atoms with Crippen LogP contribution in [0.15, 0.2) is 4.99 Å². The summed E-state index contributed by atoms with van der Waals surface area (Å²) >= 11 is 1.73. The van der Waals surface area contributed by atoms with Crippen molar-refractivity contribution in [1.29, 1.82) is 0 Å². The number of carbonyl (C=O) groups is 1. The van der Waals surface area contributed by atoms with Gasteiger partial charge in [0.15, 0.2) is 4.80 Å². The van der Waals surface area contributed by atoms with E-state index in [-0.39, 0.29) is 11.3 Å². The smallest absolute Gasteiger partial charge is 0.254 e. The van der Waals surface area contributed by atoms with Gasteiger partial charge in [-0.15, -0.1) is 11.3 Å².